The molecule has 9 heteroatoms. The van der Waals surface area contributed by atoms with Crippen molar-refractivity contribution in [3.63, 3.8) is 0 Å². The number of carbonyl (C=O) groups is 2. The van der Waals surface area contributed by atoms with Gasteiger partial charge in [0, 0.05) is 33.1 Å². The lowest BCUT2D eigenvalue weighted by Crippen LogP contribution is -2.41. The Morgan fingerprint density at radius 1 is 1.19 bits per heavy atom. The third-order valence-corrected chi connectivity index (χ3v) is 3.78. The molecule has 0 atom stereocenters. The van der Waals surface area contributed by atoms with Crippen molar-refractivity contribution in [1.29, 1.82) is 0 Å². The Labute approximate surface area is 185 Å². The Balaban J connectivity index is 2.45. The van der Waals surface area contributed by atoms with Crippen molar-refractivity contribution in [3.05, 3.63) is 11.8 Å². The molecule has 31 heavy (non-hydrogen) atoms. The molecule has 0 fully saturated rings. The highest BCUT2D eigenvalue weighted by molar-refractivity contribution is 5.82. The SMILES string of the molecule is CCCNc1nc(NCC)ncc1C#CCCCNC(=O)CN(C)C(=O)OC(C)(C)C. The van der Waals surface area contributed by atoms with Crippen molar-refractivity contribution in [2.45, 2.75) is 59.5 Å². The lowest BCUT2D eigenvalue weighted by molar-refractivity contribution is -0.122. The van der Waals surface area contributed by atoms with E-state index >= 15 is 0 Å². The fraction of sp³-hybridized carbons (Fsp3) is 0.636. The van der Waals surface area contributed by atoms with Gasteiger partial charge in [-0.1, -0.05) is 18.8 Å². The molecule has 9 nitrogen and oxygen atoms in total. The van der Waals surface area contributed by atoms with Crippen LogP contribution in [0.3, 0.4) is 0 Å². The van der Waals surface area contributed by atoms with Crippen LogP contribution in [-0.2, 0) is 9.53 Å². The Morgan fingerprint density at radius 2 is 1.94 bits per heavy atom. The number of rotatable bonds is 10. The van der Waals surface area contributed by atoms with Gasteiger partial charge in [0.05, 0.1) is 11.8 Å². The van der Waals surface area contributed by atoms with Crippen LogP contribution in [0.5, 0.6) is 0 Å². The predicted octanol–water partition coefficient (Wildman–Crippen LogP) is 2.85. The number of nitrogens with zero attached hydrogens (tertiary/aromatic N) is 3. The van der Waals surface area contributed by atoms with Gasteiger partial charge in [0.2, 0.25) is 11.9 Å². The number of hydrogen-bond donors (Lipinski definition) is 3. The first-order chi connectivity index (χ1) is 14.7. The maximum Gasteiger partial charge on any atom is 0.410 e. The van der Waals surface area contributed by atoms with Crippen LogP contribution in [-0.4, -0.2) is 65.7 Å². The third-order valence-electron chi connectivity index (χ3n) is 3.78. The van der Waals surface area contributed by atoms with E-state index in [4.69, 9.17) is 4.74 Å². The summed E-state index contributed by atoms with van der Waals surface area (Å²) in [4.78, 5) is 33.9. The van der Waals surface area contributed by atoms with Gasteiger partial charge in [-0.15, -0.1) is 0 Å². The number of amides is 2. The van der Waals surface area contributed by atoms with Crippen molar-refractivity contribution < 1.29 is 14.3 Å². The molecule has 0 saturated carbocycles. The molecule has 1 aromatic heterocycles. The zero-order valence-corrected chi connectivity index (χ0v) is 19.6. The van der Waals surface area contributed by atoms with E-state index in [1.54, 1.807) is 27.0 Å². The fourth-order valence-electron chi connectivity index (χ4n) is 2.33. The van der Waals surface area contributed by atoms with E-state index in [-0.39, 0.29) is 12.5 Å². The van der Waals surface area contributed by atoms with Crippen molar-refractivity contribution >= 4 is 23.8 Å². The molecule has 3 N–H and O–H groups in total. The third kappa shape index (κ3) is 11.1. The minimum atomic E-state index is -0.593. The second-order valence-electron chi connectivity index (χ2n) is 8.00. The quantitative estimate of drug-likeness (QED) is 0.385. The van der Waals surface area contributed by atoms with Crippen LogP contribution in [0.15, 0.2) is 6.20 Å². The molecule has 0 unspecified atom stereocenters. The van der Waals surface area contributed by atoms with E-state index in [0.29, 0.717) is 25.3 Å². The number of anilines is 2. The summed E-state index contributed by atoms with van der Waals surface area (Å²) in [6.45, 7) is 11.4. The summed E-state index contributed by atoms with van der Waals surface area (Å²) in [6.07, 6.45) is 3.48. The summed E-state index contributed by atoms with van der Waals surface area (Å²) < 4.78 is 5.22. The van der Waals surface area contributed by atoms with Gasteiger partial charge in [-0.3, -0.25) is 4.79 Å². The molecule has 2 amide bonds. The maximum absolute atomic E-state index is 12.0. The number of carbonyl (C=O) groups excluding carboxylic acids is 2. The molecule has 0 aliphatic carbocycles. The molecule has 0 bridgehead atoms. The molecule has 0 spiro atoms. The monoisotopic (exact) mass is 432 g/mol. The molecule has 0 saturated heterocycles. The van der Waals surface area contributed by atoms with Gasteiger partial charge in [0.1, 0.15) is 18.0 Å². The molecule has 1 aromatic rings. The number of ether oxygens (including phenoxy) is 1. The minimum Gasteiger partial charge on any atom is -0.444 e. The first-order valence-corrected chi connectivity index (χ1v) is 10.7. The fourth-order valence-corrected chi connectivity index (χ4v) is 2.33. The molecule has 0 aromatic carbocycles. The van der Waals surface area contributed by atoms with E-state index in [1.807, 2.05) is 6.92 Å². The van der Waals surface area contributed by atoms with E-state index in [2.05, 4.69) is 44.7 Å². The van der Waals surface area contributed by atoms with E-state index in [0.717, 1.165) is 30.9 Å². The van der Waals surface area contributed by atoms with Crippen LogP contribution in [0, 0.1) is 11.8 Å². The van der Waals surface area contributed by atoms with Gasteiger partial charge < -0.3 is 25.6 Å². The average Bonchev–Trinajstić information content (AvgIpc) is 2.68. The molecule has 1 rings (SSSR count). The molecule has 172 valence electrons. The van der Waals surface area contributed by atoms with Crippen molar-refractivity contribution in [2.24, 2.45) is 0 Å². The topological polar surface area (TPSA) is 108 Å². The van der Waals surface area contributed by atoms with Crippen molar-refractivity contribution in [2.75, 3.05) is 43.9 Å². The summed E-state index contributed by atoms with van der Waals surface area (Å²) in [5, 5.41) is 9.16. The zero-order chi connectivity index (χ0) is 23.3. The van der Waals surface area contributed by atoms with Crippen LogP contribution in [0.2, 0.25) is 0 Å². The van der Waals surface area contributed by atoms with Crippen LogP contribution in [0.25, 0.3) is 0 Å². The van der Waals surface area contributed by atoms with Crippen LogP contribution in [0.1, 0.15) is 59.4 Å². The number of hydrogen-bond acceptors (Lipinski definition) is 7. The normalized spacial score (nSPS) is 10.5. The van der Waals surface area contributed by atoms with Gasteiger partial charge in [-0.25, -0.2) is 9.78 Å². The van der Waals surface area contributed by atoms with Crippen LogP contribution >= 0.6 is 0 Å². The zero-order valence-electron chi connectivity index (χ0n) is 19.6. The lowest BCUT2D eigenvalue weighted by atomic mass is 10.2. The first-order valence-electron chi connectivity index (χ1n) is 10.7. The highest BCUT2D eigenvalue weighted by atomic mass is 16.6. The first kappa shape index (κ1) is 26.0. The maximum atomic E-state index is 12.0. The highest BCUT2D eigenvalue weighted by Gasteiger charge is 2.20. The largest absolute Gasteiger partial charge is 0.444 e. The van der Waals surface area contributed by atoms with Gasteiger partial charge >= 0.3 is 6.09 Å². The highest BCUT2D eigenvalue weighted by Crippen LogP contribution is 2.13. The standard InChI is InChI=1S/C22H36N6O3/c1-7-13-25-19-17(15-26-20(27-19)23-8-2)12-10-9-11-14-24-18(29)16-28(6)21(30)31-22(3,4)5/h15H,7-9,11,13-14,16H2,1-6H3,(H,24,29)(H2,23,25,26,27). The predicted molar refractivity (Wildman–Crippen MR) is 123 cm³/mol. The van der Waals surface area contributed by atoms with Gasteiger partial charge in [-0.2, -0.15) is 4.98 Å². The Hall–Kier alpha value is -3.02. The molecule has 0 radical (unpaired) electrons. The number of likely N-dealkylation sites (N-methyl/N-ethyl adjacent to an activating group) is 1. The van der Waals surface area contributed by atoms with E-state index < -0.39 is 11.7 Å². The molecular weight excluding hydrogens is 396 g/mol. The molecule has 0 aliphatic rings. The number of unbranched alkanes of at least 4 members (excludes halogenated alkanes) is 1. The second-order valence-corrected chi connectivity index (χ2v) is 8.00. The molecule has 0 aliphatic heterocycles. The van der Waals surface area contributed by atoms with E-state index in [9.17, 15) is 9.59 Å². The minimum absolute atomic E-state index is 0.0530. The summed E-state index contributed by atoms with van der Waals surface area (Å²) in [6, 6.07) is 0. The van der Waals surface area contributed by atoms with E-state index in [1.165, 1.54) is 11.9 Å². The smallest absolute Gasteiger partial charge is 0.410 e. The van der Waals surface area contributed by atoms with Crippen molar-refractivity contribution in [3.8, 4) is 11.8 Å². The van der Waals surface area contributed by atoms with Gasteiger partial charge in [0.15, 0.2) is 0 Å². The Kier molecular flexibility index (Phi) is 11.2. The number of aromatic nitrogens is 2. The molecular formula is C22H36N6O3. The van der Waals surface area contributed by atoms with Crippen molar-refractivity contribution in [1.82, 2.24) is 20.2 Å². The Bertz CT molecular complexity index is 780. The second kappa shape index (κ2) is 13.3. The van der Waals surface area contributed by atoms with Crippen LogP contribution < -0.4 is 16.0 Å². The molecule has 1 heterocycles. The summed E-state index contributed by atoms with van der Waals surface area (Å²) in [5.74, 6) is 7.26. The average molecular weight is 433 g/mol. The van der Waals surface area contributed by atoms with Gasteiger partial charge in [-0.05, 0) is 40.5 Å². The Morgan fingerprint density at radius 3 is 2.58 bits per heavy atom. The summed E-state index contributed by atoms with van der Waals surface area (Å²) >= 11 is 0. The van der Waals surface area contributed by atoms with Crippen LogP contribution in [0.4, 0.5) is 16.6 Å². The lowest BCUT2D eigenvalue weighted by Gasteiger charge is -2.24. The van der Waals surface area contributed by atoms with Gasteiger partial charge in [0.25, 0.3) is 0 Å². The summed E-state index contributed by atoms with van der Waals surface area (Å²) in [5.41, 5.74) is 0.155. The summed E-state index contributed by atoms with van der Waals surface area (Å²) in [7, 11) is 1.53. The number of nitrogens with one attached hydrogen (secondary N) is 3.